The van der Waals surface area contributed by atoms with Gasteiger partial charge in [0, 0.05) is 24.7 Å². The zero-order chi connectivity index (χ0) is 16.2. The van der Waals surface area contributed by atoms with Crippen molar-refractivity contribution in [1.82, 2.24) is 14.5 Å². The van der Waals surface area contributed by atoms with E-state index in [-0.39, 0.29) is 10.5 Å². The molecule has 22 heavy (non-hydrogen) atoms. The standard InChI is InChI=1S/C14H18N4O3S/c1-3-18(4-2)22(20,21)12-7-5-6-11(10-12)14(19)16-13-8-9-15-17-13/h5-10H,3-4H2,1-2H3,(H2,15,16,17,19). The van der Waals surface area contributed by atoms with Crippen LogP contribution in [0.15, 0.2) is 41.4 Å². The van der Waals surface area contributed by atoms with E-state index in [2.05, 4.69) is 15.5 Å². The summed E-state index contributed by atoms with van der Waals surface area (Å²) in [6, 6.07) is 7.58. The second-order valence-electron chi connectivity index (χ2n) is 4.54. The topological polar surface area (TPSA) is 95.2 Å². The number of carbonyl (C=O) groups excluding carboxylic acids is 1. The second-order valence-corrected chi connectivity index (χ2v) is 6.48. The van der Waals surface area contributed by atoms with E-state index in [4.69, 9.17) is 0 Å². The van der Waals surface area contributed by atoms with Crippen LogP contribution in [0.2, 0.25) is 0 Å². The largest absolute Gasteiger partial charge is 0.307 e. The van der Waals surface area contributed by atoms with Crippen LogP contribution in [0.25, 0.3) is 0 Å². The van der Waals surface area contributed by atoms with Gasteiger partial charge in [-0.15, -0.1) is 0 Å². The van der Waals surface area contributed by atoms with E-state index in [1.165, 1.54) is 22.6 Å². The molecule has 0 aliphatic rings. The third-order valence-electron chi connectivity index (χ3n) is 3.19. The Labute approximate surface area is 129 Å². The highest BCUT2D eigenvalue weighted by Gasteiger charge is 2.22. The molecule has 0 spiro atoms. The molecule has 0 atom stereocenters. The summed E-state index contributed by atoms with van der Waals surface area (Å²) in [5.74, 6) is 0.0443. The fourth-order valence-electron chi connectivity index (χ4n) is 2.03. The summed E-state index contributed by atoms with van der Waals surface area (Å²) in [5, 5.41) is 8.95. The highest BCUT2D eigenvalue weighted by atomic mass is 32.2. The van der Waals surface area contributed by atoms with Gasteiger partial charge in [0.1, 0.15) is 5.82 Å². The van der Waals surface area contributed by atoms with Crippen LogP contribution >= 0.6 is 0 Å². The molecule has 0 saturated carbocycles. The number of sulfonamides is 1. The van der Waals surface area contributed by atoms with Gasteiger partial charge >= 0.3 is 0 Å². The molecule has 0 aliphatic heterocycles. The molecule has 1 amide bonds. The quantitative estimate of drug-likeness (QED) is 0.846. The first-order valence-electron chi connectivity index (χ1n) is 6.90. The van der Waals surface area contributed by atoms with Gasteiger partial charge < -0.3 is 5.32 Å². The number of anilines is 1. The Hall–Kier alpha value is -2.19. The number of H-pyrrole nitrogens is 1. The fraction of sp³-hybridized carbons (Fsp3) is 0.286. The first-order valence-corrected chi connectivity index (χ1v) is 8.34. The van der Waals surface area contributed by atoms with E-state index in [0.717, 1.165) is 0 Å². The van der Waals surface area contributed by atoms with E-state index in [1.54, 1.807) is 32.0 Å². The van der Waals surface area contributed by atoms with Gasteiger partial charge in [0.05, 0.1) is 11.1 Å². The van der Waals surface area contributed by atoms with Gasteiger partial charge in [-0.1, -0.05) is 19.9 Å². The zero-order valence-corrected chi connectivity index (χ0v) is 13.2. The van der Waals surface area contributed by atoms with Crippen molar-refractivity contribution in [3.8, 4) is 0 Å². The molecule has 2 rings (SSSR count). The van der Waals surface area contributed by atoms with Gasteiger partial charge in [-0.3, -0.25) is 9.89 Å². The molecule has 1 heterocycles. The first-order chi connectivity index (χ1) is 10.5. The number of nitrogens with one attached hydrogen (secondary N) is 2. The van der Waals surface area contributed by atoms with E-state index >= 15 is 0 Å². The van der Waals surface area contributed by atoms with Gasteiger partial charge in [0.15, 0.2) is 0 Å². The van der Waals surface area contributed by atoms with Crippen molar-refractivity contribution in [3.05, 3.63) is 42.1 Å². The molecule has 7 nitrogen and oxygen atoms in total. The van der Waals surface area contributed by atoms with E-state index < -0.39 is 15.9 Å². The van der Waals surface area contributed by atoms with Crippen LogP contribution in [0.4, 0.5) is 5.82 Å². The molecule has 0 saturated heterocycles. The van der Waals surface area contributed by atoms with Crippen LogP contribution in [0.1, 0.15) is 24.2 Å². The van der Waals surface area contributed by atoms with Crippen LogP contribution in [0, 0.1) is 0 Å². The second kappa shape index (κ2) is 6.71. The van der Waals surface area contributed by atoms with Crippen molar-refractivity contribution in [2.24, 2.45) is 0 Å². The lowest BCUT2D eigenvalue weighted by atomic mass is 10.2. The zero-order valence-electron chi connectivity index (χ0n) is 12.4. The third-order valence-corrected chi connectivity index (χ3v) is 5.23. The van der Waals surface area contributed by atoms with E-state index in [9.17, 15) is 13.2 Å². The number of hydrogen-bond acceptors (Lipinski definition) is 4. The minimum Gasteiger partial charge on any atom is -0.307 e. The maximum Gasteiger partial charge on any atom is 0.256 e. The lowest BCUT2D eigenvalue weighted by Gasteiger charge is -2.18. The molecule has 1 aromatic carbocycles. The average Bonchev–Trinajstić information content (AvgIpc) is 3.01. The lowest BCUT2D eigenvalue weighted by Crippen LogP contribution is -2.30. The molecule has 2 aromatic rings. The first kappa shape index (κ1) is 16.2. The summed E-state index contributed by atoms with van der Waals surface area (Å²) in [7, 11) is -3.59. The summed E-state index contributed by atoms with van der Waals surface area (Å²) >= 11 is 0. The van der Waals surface area contributed by atoms with Crippen LogP contribution in [-0.2, 0) is 10.0 Å². The Balaban J connectivity index is 2.28. The number of nitrogens with zero attached hydrogens (tertiary/aromatic N) is 2. The molecule has 8 heteroatoms. The van der Waals surface area contributed by atoms with Crippen molar-refractivity contribution in [2.75, 3.05) is 18.4 Å². The molecular formula is C14H18N4O3S. The van der Waals surface area contributed by atoms with Crippen LogP contribution in [-0.4, -0.2) is 41.9 Å². The summed E-state index contributed by atoms with van der Waals surface area (Å²) in [6.07, 6.45) is 1.51. The minimum absolute atomic E-state index is 0.105. The molecule has 0 aliphatic carbocycles. The van der Waals surface area contributed by atoms with E-state index in [0.29, 0.717) is 18.9 Å². The Kier molecular flexibility index (Phi) is 4.94. The molecule has 1 aromatic heterocycles. The number of benzene rings is 1. The molecule has 118 valence electrons. The molecule has 0 fully saturated rings. The summed E-state index contributed by atoms with van der Waals surface area (Å²) in [5.41, 5.74) is 0.267. The van der Waals surface area contributed by atoms with Gasteiger partial charge in [0.25, 0.3) is 5.91 Å². The maximum absolute atomic E-state index is 12.5. The van der Waals surface area contributed by atoms with E-state index in [1.807, 2.05) is 0 Å². The lowest BCUT2D eigenvalue weighted by molar-refractivity contribution is 0.102. The number of amides is 1. The molecule has 0 bridgehead atoms. The normalized spacial score (nSPS) is 11.6. The number of rotatable bonds is 6. The van der Waals surface area contributed by atoms with Crippen LogP contribution in [0.3, 0.4) is 0 Å². The third kappa shape index (κ3) is 3.34. The van der Waals surface area contributed by atoms with Crippen molar-refractivity contribution < 1.29 is 13.2 Å². The smallest absolute Gasteiger partial charge is 0.256 e. The van der Waals surface area contributed by atoms with Crippen molar-refractivity contribution in [2.45, 2.75) is 18.7 Å². The number of hydrogen-bond donors (Lipinski definition) is 2. The predicted octanol–water partition coefficient (Wildman–Crippen LogP) is 1.69. The van der Waals surface area contributed by atoms with Crippen molar-refractivity contribution >= 4 is 21.7 Å². The van der Waals surface area contributed by atoms with Gasteiger partial charge in [-0.05, 0) is 18.2 Å². The summed E-state index contributed by atoms with van der Waals surface area (Å²) in [6.45, 7) is 4.30. The maximum atomic E-state index is 12.5. The van der Waals surface area contributed by atoms with Crippen molar-refractivity contribution in [3.63, 3.8) is 0 Å². The van der Waals surface area contributed by atoms with Crippen molar-refractivity contribution in [1.29, 1.82) is 0 Å². The van der Waals surface area contributed by atoms with Gasteiger partial charge in [-0.2, -0.15) is 9.40 Å². The summed E-state index contributed by atoms with van der Waals surface area (Å²) < 4.78 is 26.3. The molecule has 2 N–H and O–H groups in total. The number of aromatic nitrogens is 2. The monoisotopic (exact) mass is 322 g/mol. The molecule has 0 unspecified atom stereocenters. The number of aromatic amines is 1. The summed E-state index contributed by atoms with van der Waals surface area (Å²) in [4.78, 5) is 12.2. The number of carbonyl (C=O) groups is 1. The SMILES string of the molecule is CCN(CC)S(=O)(=O)c1cccc(C(=O)Nc2ccn[nH]2)c1. The Morgan fingerprint density at radius 1 is 1.27 bits per heavy atom. The van der Waals surface area contributed by atoms with Crippen LogP contribution in [0.5, 0.6) is 0 Å². The van der Waals surface area contributed by atoms with Crippen LogP contribution < -0.4 is 5.32 Å². The average molecular weight is 322 g/mol. The highest BCUT2D eigenvalue weighted by Crippen LogP contribution is 2.17. The van der Waals surface area contributed by atoms with Gasteiger partial charge in [-0.25, -0.2) is 8.42 Å². The van der Waals surface area contributed by atoms with Gasteiger partial charge in [0.2, 0.25) is 10.0 Å². The minimum atomic E-state index is -3.59. The highest BCUT2D eigenvalue weighted by molar-refractivity contribution is 7.89. The Morgan fingerprint density at radius 3 is 2.59 bits per heavy atom. The predicted molar refractivity (Wildman–Crippen MR) is 83.1 cm³/mol. The Morgan fingerprint density at radius 2 is 2.00 bits per heavy atom. The fourth-order valence-corrected chi connectivity index (χ4v) is 3.53. The Bertz CT molecular complexity index is 737. The molecular weight excluding hydrogens is 304 g/mol. The molecule has 0 radical (unpaired) electrons.